The van der Waals surface area contributed by atoms with Crippen LogP contribution in [-0.4, -0.2) is 46.5 Å². The first-order chi connectivity index (χ1) is 15.7. The number of carbonyl (C=O) groups is 1. The second-order valence-corrected chi connectivity index (χ2v) is 9.64. The number of likely N-dealkylation sites (tertiary alicyclic amines) is 1. The average Bonchev–Trinajstić information content (AvgIpc) is 3.48. The number of nitrogens with zero attached hydrogens (tertiary/aromatic N) is 3. The Labute approximate surface area is 192 Å². The largest absolute Gasteiger partial charge is 0.486 e. The number of hydrogen-bond donors (Lipinski definition) is 1. The third kappa shape index (κ3) is 4.66. The van der Waals surface area contributed by atoms with E-state index in [1.165, 1.54) is 35.2 Å². The summed E-state index contributed by atoms with van der Waals surface area (Å²) in [7, 11) is 0. The highest BCUT2D eigenvalue weighted by molar-refractivity contribution is 8.01. The summed E-state index contributed by atoms with van der Waals surface area (Å²) in [6, 6.07) is 12.0. The predicted octanol–water partition coefficient (Wildman–Crippen LogP) is 4.65. The Morgan fingerprint density at radius 1 is 1.16 bits per heavy atom. The second-order valence-electron chi connectivity index (χ2n) is 7.44. The van der Waals surface area contributed by atoms with E-state index in [-0.39, 0.29) is 17.8 Å². The fourth-order valence-corrected chi connectivity index (χ4v) is 5.52. The first-order valence-corrected chi connectivity index (χ1v) is 12.1. The molecule has 7 nitrogen and oxygen atoms in total. The quantitative estimate of drug-likeness (QED) is 0.524. The minimum atomic E-state index is -0.293. The van der Waals surface area contributed by atoms with Crippen molar-refractivity contribution in [2.24, 2.45) is 0 Å². The van der Waals surface area contributed by atoms with Crippen molar-refractivity contribution in [1.29, 1.82) is 0 Å². The summed E-state index contributed by atoms with van der Waals surface area (Å²) in [5.74, 6) is 1.59. The highest BCUT2D eigenvalue weighted by Crippen LogP contribution is 2.38. The average molecular weight is 473 g/mol. The Morgan fingerprint density at radius 2 is 1.97 bits per heavy atom. The number of carbonyl (C=O) groups excluding carboxylic acids is 1. The standard InChI is InChI=1S/C22H21FN4O3S2/c23-15-4-6-16(7-5-15)24-21-25-26-22(32-21)31-13-20(28)27-9-1-2-17(27)14-3-8-18-19(12-14)30-11-10-29-18/h3-8,12,17H,1-2,9-11,13H2,(H,24,25)/t17-/m0/s1. The number of halogens is 1. The van der Waals surface area contributed by atoms with Crippen LogP contribution in [0.3, 0.4) is 0 Å². The molecule has 10 heteroatoms. The molecule has 1 atom stereocenters. The molecule has 0 aliphatic carbocycles. The van der Waals surface area contributed by atoms with Crippen LogP contribution in [-0.2, 0) is 4.79 Å². The number of ether oxygens (including phenoxy) is 2. The summed E-state index contributed by atoms with van der Waals surface area (Å²) < 4.78 is 25.1. The zero-order valence-corrected chi connectivity index (χ0v) is 18.8. The molecule has 166 valence electrons. The van der Waals surface area contributed by atoms with E-state index in [4.69, 9.17) is 9.47 Å². The molecule has 1 aromatic heterocycles. The number of hydrogen-bond acceptors (Lipinski definition) is 8. The van der Waals surface area contributed by atoms with Gasteiger partial charge in [0, 0.05) is 12.2 Å². The van der Waals surface area contributed by atoms with Gasteiger partial charge in [0.25, 0.3) is 0 Å². The molecule has 1 fully saturated rings. The van der Waals surface area contributed by atoms with Crippen LogP contribution in [0.15, 0.2) is 46.8 Å². The van der Waals surface area contributed by atoms with Crippen molar-refractivity contribution in [2.45, 2.75) is 23.2 Å². The van der Waals surface area contributed by atoms with Crippen LogP contribution in [0, 0.1) is 5.82 Å². The lowest BCUT2D eigenvalue weighted by molar-refractivity contribution is -0.129. The third-order valence-electron chi connectivity index (χ3n) is 5.35. The number of amides is 1. The zero-order chi connectivity index (χ0) is 21.9. The van der Waals surface area contributed by atoms with Crippen LogP contribution < -0.4 is 14.8 Å². The Kier molecular flexibility index (Phi) is 6.13. The molecule has 5 rings (SSSR count). The summed E-state index contributed by atoms with van der Waals surface area (Å²) in [5, 5.41) is 11.9. The predicted molar refractivity (Wildman–Crippen MR) is 121 cm³/mol. The molecule has 1 amide bonds. The van der Waals surface area contributed by atoms with E-state index < -0.39 is 0 Å². The van der Waals surface area contributed by atoms with Gasteiger partial charge in [-0.15, -0.1) is 10.2 Å². The van der Waals surface area contributed by atoms with Gasteiger partial charge < -0.3 is 19.7 Å². The van der Waals surface area contributed by atoms with Gasteiger partial charge in [-0.05, 0) is 54.8 Å². The van der Waals surface area contributed by atoms with Gasteiger partial charge in [-0.2, -0.15) is 0 Å². The van der Waals surface area contributed by atoms with E-state index in [2.05, 4.69) is 15.5 Å². The molecule has 0 spiro atoms. The topological polar surface area (TPSA) is 76.6 Å². The number of nitrogens with one attached hydrogen (secondary N) is 1. The van der Waals surface area contributed by atoms with Crippen LogP contribution in [0.25, 0.3) is 0 Å². The van der Waals surface area contributed by atoms with Crippen molar-refractivity contribution in [3.8, 4) is 11.5 Å². The molecule has 0 unspecified atom stereocenters. The molecular formula is C22H21FN4O3S2. The minimum Gasteiger partial charge on any atom is -0.486 e. The number of benzene rings is 2. The lowest BCUT2D eigenvalue weighted by Gasteiger charge is -2.26. The molecule has 3 aromatic rings. The molecular weight excluding hydrogens is 451 g/mol. The maximum Gasteiger partial charge on any atom is 0.233 e. The number of rotatable bonds is 6. The lowest BCUT2D eigenvalue weighted by Crippen LogP contribution is -2.32. The third-order valence-corrected chi connectivity index (χ3v) is 7.30. The van der Waals surface area contributed by atoms with Gasteiger partial charge in [-0.1, -0.05) is 29.2 Å². The van der Waals surface area contributed by atoms with Crippen molar-refractivity contribution in [3.05, 3.63) is 53.8 Å². The molecule has 1 saturated heterocycles. The maximum atomic E-state index is 13.0. The summed E-state index contributed by atoms with van der Waals surface area (Å²) in [6.07, 6.45) is 1.90. The van der Waals surface area contributed by atoms with Crippen LogP contribution in [0.4, 0.5) is 15.2 Å². The summed E-state index contributed by atoms with van der Waals surface area (Å²) in [6.45, 7) is 1.84. The fourth-order valence-electron chi connectivity index (χ4n) is 3.86. The molecule has 2 aromatic carbocycles. The van der Waals surface area contributed by atoms with E-state index in [9.17, 15) is 9.18 Å². The van der Waals surface area contributed by atoms with Crippen LogP contribution in [0.5, 0.6) is 11.5 Å². The Hall–Kier alpha value is -2.85. The molecule has 0 saturated carbocycles. The SMILES string of the molecule is O=C(CSc1nnc(Nc2ccc(F)cc2)s1)N1CCC[C@H]1c1ccc2c(c1)OCCO2. The van der Waals surface area contributed by atoms with Crippen molar-refractivity contribution >= 4 is 39.8 Å². The summed E-state index contributed by atoms with van der Waals surface area (Å²) in [5.41, 5.74) is 1.81. The van der Waals surface area contributed by atoms with Crippen LogP contribution in [0.2, 0.25) is 0 Å². The highest BCUT2D eigenvalue weighted by Gasteiger charge is 2.31. The molecule has 1 N–H and O–H groups in total. The van der Waals surface area contributed by atoms with Gasteiger partial charge in [0.1, 0.15) is 19.0 Å². The molecule has 2 aliphatic rings. The normalized spacial score (nSPS) is 17.4. The van der Waals surface area contributed by atoms with Crippen molar-refractivity contribution in [2.75, 3.05) is 30.8 Å². The van der Waals surface area contributed by atoms with E-state index in [1.807, 2.05) is 23.1 Å². The monoisotopic (exact) mass is 472 g/mol. The lowest BCUT2D eigenvalue weighted by atomic mass is 10.0. The van der Waals surface area contributed by atoms with Crippen LogP contribution in [0.1, 0.15) is 24.4 Å². The number of thioether (sulfide) groups is 1. The van der Waals surface area contributed by atoms with E-state index in [0.29, 0.717) is 28.4 Å². The molecule has 32 heavy (non-hydrogen) atoms. The van der Waals surface area contributed by atoms with Gasteiger partial charge >= 0.3 is 0 Å². The number of fused-ring (bicyclic) bond motifs is 1. The van der Waals surface area contributed by atoms with E-state index in [0.717, 1.165) is 42.1 Å². The summed E-state index contributed by atoms with van der Waals surface area (Å²) >= 11 is 2.74. The van der Waals surface area contributed by atoms with Crippen molar-refractivity contribution in [1.82, 2.24) is 15.1 Å². The zero-order valence-electron chi connectivity index (χ0n) is 17.1. The minimum absolute atomic E-state index is 0.0454. The molecule has 3 heterocycles. The van der Waals surface area contributed by atoms with Gasteiger partial charge in [0.05, 0.1) is 11.8 Å². The first-order valence-electron chi connectivity index (χ1n) is 10.3. The van der Waals surface area contributed by atoms with Gasteiger partial charge in [0.2, 0.25) is 11.0 Å². The molecule has 0 radical (unpaired) electrons. The Morgan fingerprint density at radius 3 is 2.81 bits per heavy atom. The van der Waals surface area contributed by atoms with Gasteiger partial charge in [-0.25, -0.2) is 4.39 Å². The highest BCUT2D eigenvalue weighted by atomic mass is 32.2. The second kappa shape index (κ2) is 9.33. The summed E-state index contributed by atoms with van der Waals surface area (Å²) in [4.78, 5) is 14.9. The van der Waals surface area contributed by atoms with Crippen molar-refractivity contribution in [3.63, 3.8) is 0 Å². The Balaban J connectivity index is 1.19. The molecule has 0 bridgehead atoms. The number of anilines is 2. The van der Waals surface area contributed by atoms with Crippen molar-refractivity contribution < 1.29 is 18.7 Å². The van der Waals surface area contributed by atoms with E-state index >= 15 is 0 Å². The Bertz CT molecular complexity index is 1110. The van der Waals surface area contributed by atoms with Crippen LogP contribution >= 0.6 is 23.1 Å². The van der Waals surface area contributed by atoms with Gasteiger partial charge in [0.15, 0.2) is 15.8 Å². The fraction of sp³-hybridized carbons (Fsp3) is 0.318. The smallest absolute Gasteiger partial charge is 0.233 e. The number of aromatic nitrogens is 2. The van der Waals surface area contributed by atoms with Gasteiger partial charge in [-0.3, -0.25) is 4.79 Å². The molecule has 2 aliphatic heterocycles. The maximum absolute atomic E-state index is 13.0. The van der Waals surface area contributed by atoms with E-state index in [1.54, 1.807) is 12.1 Å². The first kappa shape index (κ1) is 21.0.